The van der Waals surface area contributed by atoms with E-state index in [9.17, 15) is 4.79 Å². The standard InChI is InChI=1S/C21H22N2O2S2/c1-3-25-14-13-23-20(24)19(15-16-9-11-18(26-2)12-10-16)27-21(23)22-17-7-5-4-6-8-17/h4-12,15H,3,13-14H2,1-2H3. The van der Waals surface area contributed by atoms with Crippen molar-refractivity contribution in [1.82, 2.24) is 4.90 Å². The summed E-state index contributed by atoms with van der Waals surface area (Å²) >= 11 is 3.11. The molecule has 1 heterocycles. The van der Waals surface area contributed by atoms with Crippen LogP contribution in [0.15, 0.2) is 69.4 Å². The lowest BCUT2D eigenvalue weighted by atomic mass is 10.2. The smallest absolute Gasteiger partial charge is 0.266 e. The van der Waals surface area contributed by atoms with Crippen LogP contribution in [0.3, 0.4) is 0 Å². The Kier molecular flexibility index (Phi) is 7.15. The Morgan fingerprint density at radius 3 is 2.56 bits per heavy atom. The minimum atomic E-state index is -0.0247. The fourth-order valence-corrected chi connectivity index (χ4v) is 3.99. The van der Waals surface area contributed by atoms with Crippen molar-refractivity contribution in [3.63, 3.8) is 0 Å². The lowest BCUT2D eigenvalue weighted by molar-refractivity contribution is -0.122. The first-order chi connectivity index (χ1) is 13.2. The van der Waals surface area contributed by atoms with E-state index in [2.05, 4.69) is 17.1 Å². The van der Waals surface area contributed by atoms with Crippen LogP contribution < -0.4 is 0 Å². The van der Waals surface area contributed by atoms with Crippen molar-refractivity contribution in [3.05, 3.63) is 65.1 Å². The van der Waals surface area contributed by atoms with Gasteiger partial charge in [-0.2, -0.15) is 0 Å². The highest BCUT2D eigenvalue weighted by atomic mass is 32.2. The van der Waals surface area contributed by atoms with Gasteiger partial charge in [0.25, 0.3) is 5.91 Å². The highest BCUT2D eigenvalue weighted by Crippen LogP contribution is 2.34. The second-order valence-corrected chi connectivity index (χ2v) is 7.66. The van der Waals surface area contributed by atoms with Crippen molar-refractivity contribution in [3.8, 4) is 0 Å². The maximum atomic E-state index is 12.9. The van der Waals surface area contributed by atoms with E-state index in [1.165, 1.54) is 16.7 Å². The van der Waals surface area contributed by atoms with E-state index in [-0.39, 0.29) is 5.91 Å². The number of carbonyl (C=O) groups excluding carboxylic acids is 1. The highest BCUT2D eigenvalue weighted by molar-refractivity contribution is 8.18. The van der Waals surface area contributed by atoms with Crippen molar-refractivity contribution in [2.24, 2.45) is 4.99 Å². The Hall–Kier alpha value is -2.02. The third-order valence-electron chi connectivity index (χ3n) is 3.95. The molecule has 0 atom stereocenters. The molecule has 1 amide bonds. The number of amides is 1. The fraction of sp³-hybridized carbons (Fsp3) is 0.238. The summed E-state index contributed by atoms with van der Waals surface area (Å²) < 4.78 is 5.44. The molecule has 27 heavy (non-hydrogen) atoms. The molecule has 0 N–H and O–H groups in total. The van der Waals surface area contributed by atoms with Crippen molar-refractivity contribution < 1.29 is 9.53 Å². The molecule has 1 saturated heterocycles. The molecule has 0 saturated carbocycles. The number of aliphatic imine (C=N–C) groups is 1. The number of para-hydroxylation sites is 1. The Labute approximate surface area is 168 Å². The van der Waals surface area contributed by atoms with E-state index in [0.717, 1.165) is 11.3 Å². The van der Waals surface area contributed by atoms with Crippen LogP contribution in [0.2, 0.25) is 0 Å². The van der Waals surface area contributed by atoms with Gasteiger partial charge in [0.05, 0.1) is 23.7 Å². The summed E-state index contributed by atoms with van der Waals surface area (Å²) in [7, 11) is 0. The van der Waals surface area contributed by atoms with Crippen LogP contribution in [0.1, 0.15) is 12.5 Å². The number of hydrogen-bond acceptors (Lipinski definition) is 5. The van der Waals surface area contributed by atoms with Gasteiger partial charge in [-0.3, -0.25) is 9.69 Å². The zero-order chi connectivity index (χ0) is 19.1. The van der Waals surface area contributed by atoms with E-state index in [0.29, 0.717) is 29.8 Å². The predicted molar refractivity (Wildman–Crippen MR) is 116 cm³/mol. The molecule has 0 radical (unpaired) electrons. The van der Waals surface area contributed by atoms with Crippen LogP contribution in [0, 0.1) is 0 Å². The van der Waals surface area contributed by atoms with Crippen molar-refractivity contribution >= 4 is 46.4 Å². The topological polar surface area (TPSA) is 41.9 Å². The van der Waals surface area contributed by atoms with Gasteiger partial charge in [-0.15, -0.1) is 11.8 Å². The molecular formula is C21H22N2O2S2. The molecular weight excluding hydrogens is 376 g/mol. The molecule has 140 valence electrons. The van der Waals surface area contributed by atoms with E-state index < -0.39 is 0 Å². The van der Waals surface area contributed by atoms with Crippen LogP contribution in [-0.2, 0) is 9.53 Å². The average molecular weight is 399 g/mol. The SMILES string of the molecule is CCOCCN1C(=O)C(=Cc2ccc(SC)cc2)SC1=Nc1ccccc1. The van der Waals surface area contributed by atoms with Gasteiger partial charge in [0.1, 0.15) is 0 Å². The van der Waals surface area contributed by atoms with Gasteiger partial charge in [0.2, 0.25) is 0 Å². The molecule has 6 heteroatoms. The van der Waals surface area contributed by atoms with E-state index in [1.54, 1.807) is 16.7 Å². The fourth-order valence-electron chi connectivity index (χ4n) is 2.55. The molecule has 1 aliphatic rings. The molecule has 2 aromatic carbocycles. The monoisotopic (exact) mass is 398 g/mol. The largest absolute Gasteiger partial charge is 0.380 e. The van der Waals surface area contributed by atoms with Crippen LogP contribution in [0.4, 0.5) is 5.69 Å². The second-order valence-electron chi connectivity index (χ2n) is 5.77. The lowest BCUT2D eigenvalue weighted by Gasteiger charge is -2.15. The molecule has 0 unspecified atom stereocenters. The van der Waals surface area contributed by atoms with E-state index in [4.69, 9.17) is 4.74 Å². The number of carbonyl (C=O) groups is 1. The molecule has 1 fully saturated rings. The first-order valence-corrected chi connectivity index (χ1v) is 10.8. The van der Waals surface area contributed by atoms with Gasteiger partial charge in [-0.05, 0) is 60.8 Å². The Bertz CT molecular complexity index is 833. The number of nitrogens with zero attached hydrogens (tertiary/aromatic N) is 2. The van der Waals surface area contributed by atoms with Crippen LogP contribution >= 0.6 is 23.5 Å². The van der Waals surface area contributed by atoms with Crippen molar-refractivity contribution in [1.29, 1.82) is 0 Å². The van der Waals surface area contributed by atoms with Gasteiger partial charge >= 0.3 is 0 Å². The van der Waals surface area contributed by atoms with Crippen LogP contribution in [0.5, 0.6) is 0 Å². The molecule has 0 aromatic heterocycles. The number of ether oxygens (including phenoxy) is 1. The van der Waals surface area contributed by atoms with E-state index in [1.807, 2.05) is 61.7 Å². The van der Waals surface area contributed by atoms with Crippen LogP contribution in [0.25, 0.3) is 6.08 Å². The molecule has 0 aliphatic carbocycles. The number of benzene rings is 2. The molecule has 2 aromatic rings. The Morgan fingerprint density at radius 1 is 1.15 bits per heavy atom. The number of hydrogen-bond donors (Lipinski definition) is 0. The van der Waals surface area contributed by atoms with Gasteiger partial charge in [0, 0.05) is 11.5 Å². The zero-order valence-corrected chi connectivity index (χ0v) is 17.1. The van der Waals surface area contributed by atoms with Gasteiger partial charge in [-0.1, -0.05) is 30.3 Å². The molecule has 0 bridgehead atoms. The maximum Gasteiger partial charge on any atom is 0.266 e. The highest BCUT2D eigenvalue weighted by Gasteiger charge is 2.33. The van der Waals surface area contributed by atoms with Crippen LogP contribution in [-0.4, -0.2) is 42.0 Å². The lowest BCUT2D eigenvalue weighted by Crippen LogP contribution is -2.32. The van der Waals surface area contributed by atoms with Gasteiger partial charge in [0.15, 0.2) is 5.17 Å². The summed E-state index contributed by atoms with van der Waals surface area (Å²) in [6.07, 6.45) is 3.98. The molecule has 1 aliphatic heterocycles. The summed E-state index contributed by atoms with van der Waals surface area (Å²) in [5, 5.41) is 0.692. The third kappa shape index (κ3) is 5.25. The maximum absolute atomic E-state index is 12.9. The second kappa shape index (κ2) is 9.78. The molecule has 0 spiro atoms. The first-order valence-electron chi connectivity index (χ1n) is 8.78. The summed E-state index contributed by atoms with van der Waals surface area (Å²) in [6.45, 7) is 3.56. The first kappa shape index (κ1) is 19.7. The summed E-state index contributed by atoms with van der Waals surface area (Å²) in [4.78, 5) is 21.2. The molecule has 4 nitrogen and oxygen atoms in total. The van der Waals surface area contributed by atoms with Crippen molar-refractivity contribution in [2.75, 3.05) is 26.0 Å². The quantitative estimate of drug-likeness (QED) is 0.372. The normalized spacial score (nSPS) is 17.3. The van der Waals surface area contributed by atoms with Gasteiger partial charge in [-0.25, -0.2) is 4.99 Å². The predicted octanol–water partition coefficient (Wildman–Crippen LogP) is 5.05. The van der Waals surface area contributed by atoms with Gasteiger partial charge < -0.3 is 4.74 Å². The summed E-state index contributed by atoms with van der Waals surface area (Å²) in [5.74, 6) is -0.0247. The summed E-state index contributed by atoms with van der Waals surface area (Å²) in [6, 6.07) is 17.9. The third-order valence-corrected chi connectivity index (χ3v) is 5.70. The van der Waals surface area contributed by atoms with E-state index >= 15 is 0 Å². The average Bonchev–Trinajstić information content (AvgIpc) is 2.98. The minimum absolute atomic E-state index is 0.0247. The number of rotatable bonds is 7. The number of amidine groups is 1. The molecule has 3 rings (SSSR count). The van der Waals surface area contributed by atoms with Crippen molar-refractivity contribution in [2.45, 2.75) is 11.8 Å². The number of thioether (sulfide) groups is 2. The Balaban J connectivity index is 1.86. The minimum Gasteiger partial charge on any atom is -0.380 e. The Morgan fingerprint density at radius 2 is 1.89 bits per heavy atom. The zero-order valence-electron chi connectivity index (χ0n) is 15.4. The summed E-state index contributed by atoms with van der Waals surface area (Å²) in [5.41, 5.74) is 1.84.